The molecule has 0 spiro atoms. The average molecular weight is 346 g/mol. The Morgan fingerprint density at radius 3 is 2.77 bits per heavy atom. The summed E-state index contributed by atoms with van der Waals surface area (Å²) in [6, 6.07) is 16.6. The van der Waals surface area contributed by atoms with E-state index >= 15 is 0 Å². The van der Waals surface area contributed by atoms with Crippen molar-refractivity contribution in [2.45, 2.75) is 19.4 Å². The molecule has 1 aliphatic rings. The molecule has 6 nitrogen and oxygen atoms in total. The van der Waals surface area contributed by atoms with Gasteiger partial charge in [0.05, 0.1) is 12.6 Å². The summed E-state index contributed by atoms with van der Waals surface area (Å²) in [6.45, 7) is 1.96. The first-order valence-corrected chi connectivity index (χ1v) is 8.42. The van der Waals surface area contributed by atoms with E-state index < -0.39 is 6.04 Å². The molecule has 0 bridgehead atoms. The molecule has 1 aromatic heterocycles. The van der Waals surface area contributed by atoms with Crippen molar-refractivity contribution in [2.75, 3.05) is 10.6 Å². The molecule has 1 atom stereocenters. The van der Waals surface area contributed by atoms with E-state index in [4.69, 9.17) is 0 Å². The Bertz CT molecular complexity index is 978. The molecular weight excluding hydrogens is 328 g/mol. The third kappa shape index (κ3) is 2.97. The van der Waals surface area contributed by atoms with E-state index in [1.54, 1.807) is 10.9 Å². The number of hydrogen-bond acceptors (Lipinski definition) is 3. The molecule has 0 fully saturated rings. The van der Waals surface area contributed by atoms with Gasteiger partial charge in [0.2, 0.25) is 5.91 Å². The molecule has 6 heteroatoms. The highest BCUT2D eigenvalue weighted by Crippen LogP contribution is 2.35. The lowest BCUT2D eigenvalue weighted by Gasteiger charge is -2.10. The number of nitrogens with one attached hydrogen (secondary N) is 2. The molecule has 130 valence electrons. The first kappa shape index (κ1) is 16.1. The van der Waals surface area contributed by atoms with E-state index in [9.17, 15) is 9.59 Å². The summed E-state index contributed by atoms with van der Waals surface area (Å²) in [6.07, 6.45) is 1.75. The van der Waals surface area contributed by atoms with Crippen LogP contribution in [0.5, 0.6) is 0 Å². The number of benzene rings is 2. The van der Waals surface area contributed by atoms with Crippen molar-refractivity contribution in [2.24, 2.45) is 0 Å². The minimum atomic E-state index is -0.646. The van der Waals surface area contributed by atoms with Gasteiger partial charge in [0.25, 0.3) is 5.91 Å². The number of carbonyl (C=O) groups excluding carboxylic acids is 2. The van der Waals surface area contributed by atoms with Gasteiger partial charge in [-0.05, 0) is 30.2 Å². The fourth-order valence-corrected chi connectivity index (χ4v) is 3.15. The van der Waals surface area contributed by atoms with Gasteiger partial charge < -0.3 is 10.6 Å². The van der Waals surface area contributed by atoms with Crippen molar-refractivity contribution in [3.8, 4) is 11.1 Å². The monoisotopic (exact) mass is 346 g/mol. The summed E-state index contributed by atoms with van der Waals surface area (Å²) in [4.78, 5) is 24.7. The van der Waals surface area contributed by atoms with Crippen LogP contribution in [0, 0.1) is 6.92 Å². The fraction of sp³-hybridized carbons (Fsp3) is 0.150. The summed E-state index contributed by atoms with van der Waals surface area (Å²) >= 11 is 0. The number of carbonyl (C=O) groups is 2. The molecule has 2 N–H and O–H groups in total. The molecular formula is C20H18N4O2. The minimum absolute atomic E-state index is 0.0304. The van der Waals surface area contributed by atoms with Gasteiger partial charge in [0, 0.05) is 11.3 Å². The molecule has 2 aromatic carbocycles. The van der Waals surface area contributed by atoms with Gasteiger partial charge in [-0.15, -0.1) is 0 Å². The highest BCUT2D eigenvalue weighted by atomic mass is 16.2. The van der Waals surface area contributed by atoms with Crippen molar-refractivity contribution in [1.29, 1.82) is 0 Å². The zero-order valence-corrected chi connectivity index (χ0v) is 14.3. The molecule has 1 unspecified atom stereocenters. The summed E-state index contributed by atoms with van der Waals surface area (Å²) in [5, 5.41) is 10.0. The van der Waals surface area contributed by atoms with Crippen molar-refractivity contribution >= 4 is 23.3 Å². The van der Waals surface area contributed by atoms with E-state index in [-0.39, 0.29) is 18.2 Å². The largest absolute Gasteiger partial charge is 0.326 e. The zero-order valence-electron chi connectivity index (χ0n) is 14.3. The van der Waals surface area contributed by atoms with E-state index in [0.717, 1.165) is 22.4 Å². The second-order valence-electron chi connectivity index (χ2n) is 6.34. The molecule has 4 rings (SSSR count). The molecule has 0 saturated carbocycles. The highest BCUT2D eigenvalue weighted by molar-refractivity contribution is 6.04. The number of rotatable bonds is 4. The molecule has 2 heterocycles. The predicted octanol–water partition coefficient (Wildman–Crippen LogP) is 3.38. The van der Waals surface area contributed by atoms with Crippen LogP contribution in [0.4, 0.5) is 11.5 Å². The third-order valence-corrected chi connectivity index (χ3v) is 4.40. The SMILES string of the molecule is Cc1cccc(NC(=O)CC2C(=O)Nc3c(-c4ccccc4)cnn32)c1. The Balaban J connectivity index is 1.53. The summed E-state index contributed by atoms with van der Waals surface area (Å²) in [5.41, 5.74) is 3.60. The maximum Gasteiger partial charge on any atom is 0.251 e. The van der Waals surface area contributed by atoms with Crippen LogP contribution in [0.2, 0.25) is 0 Å². The molecule has 1 aliphatic heterocycles. The number of anilines is 2. The van der Waals surface area contributed by atoms with Gasteiger partial charge in [0.15, 0.2) is 0 Å². The van der Waals surface area contributed by atoms with Crippen LogP contribution >= 0.6 is 0 Å². The Hall–Kier alpha value is -3.41. The van der Waals surface area contributed by atoms with E-state index in [0.29, 0.717) is 5.82 Å². The molecule has 0 radical (unpaired) electrons. The van der Waals surface area contributed by atoms with Crippen LogP contribution in [0.1, 0.15) is 18.0 Å². The van der Waals surface area contributed by atoms with Crippen LogP contribution in [-0.4, -0.2) is 21.6 Å². The quantitative estimate of drug-likeness (QED) is 0.760. The Labute approximate surface area is 150 Å². The van der Waals surface area contributed by atoms with Crippen molar-refractivity contribution in [1.82, 2.24) is 9.78 Å². The number of hydrogen-bond donors (Lipinski definition) is 2. The van der Waals surface area contributed by atoms with Crippen molar-refractivity contribution in [3.05, 3.63) is 66.4 Å². The molecule has 3 aromatic rings. The fourth-order valence-electron chi connectivity index (χ4n) is 3.15. The van der Waals surface area contributed by atoms with Crippen LogP contribution in [0.25, 0.3) is 11.1 Å². The lowest BCUT2D eigenvalue weighted by Crippen LogP contribution is -2.23. The first-order valence-electron chi connectivity index (χ1n) is 8.42. The maximum absolute atomic E-state index is 12.4. The van der Waals surface area contributed by atoms with Crippen LogP contribution in [0.15, 0.2) is 60.8 Å². The number of aromatic nitrogens is 2. The standard InChI is InChI=1S/C20H18N4O2/c1-13-6-5-9-15(10-13)22-18(25)11-17-20(26)23-19-16(12-21-24(17)19)14-7-3-2-4-8-14/h2-10,12,17H,11H2,1H3,(H,22,25)(H,23,26). The second kappa shape index (κ2) is 6.48. The van der Waals surface area contributed by atoms with Crippen LogP contribution < -0.4 is 10.6 Å². The molecule has 26 heavy (non-hydrogen) atoms. The summed E-state index contributed by atoms with van der Waals surface area (Å²) in [5.74, 6) is 0.194. The van der Waals surface area contributed by atoms with Gasteiger partial charge in [-0.25, -0.2) is 4.68 Å². The van der Waals surface area contributed by atoms with Crippen LogP contribution in [-0.2, 0) is 9.59 Å². The lowest BCUT2D eigenvalue weighted by atomic mass is 10.1. The van der Waals surface area contributed by atoms with Crippen molar-refractivity contribution in [3.63, 3.8) is 0 Å². The normalized spacial score (nSPS) is 15.4. The Morgan fingerprint density at radius 2 is 2.00 bits per heavy atom. The van der Waals surface area contributed by atoms with Crippen molar-refractivity contribution < 1.29 is 9.59 Å². The minimum Gasteiger partial charge on any atom is -0.326 e. The third-order valence-electron chi connectivity index (χ3n) is 4.40. The first-order chi connectivity index (χ1) is 12.6. The van der Waals surface area contributed by atoms with Gasteiger partial charge in [0.1, 0.15) is 11.9 Å². The highest BCUT2D eigenvalue weighted by Gasteiger charge is 2.35. The number of amides is 2. The Kier molecular flexibility index (Phi) is 4.01. The predicted molar refractivity (Wildman–Crippen MR) is 99.8 cm³/mol. The van der Waals surface area contributed by atoms with E-state index in [1.165, 1.54) is 0 Å². The van der Waals surface area contributed by atoms with Gasteiger partial charge in [-0.3, -0.25) is 9.59 Å². The average Bonchev–Trinajstić information content (AvgIpc) is 3.16. The van der Waals surface area contributed by atoms with Gasteiger partial charge in [-0.1, -0.05) is 42.5 Å². The number of fused-ring (bicyclic) bond motifs is 1. The maximum atomic E-state index is 12.4. The molecule has 2 amide bonds. The smallest absolute Gasteiger partial charge is 0.251 e. The molecule has 0 aliphatic carbocycles. The van der Waals surface area contributed by atoms with E-state index in [1.807, 2.05) is 61.5 Å². The zero-order chi connectivity index (χ0) is 18.1. The van der Waals surface area contributed by atoms with Crippen LogP contribution in [0.3, 0.4) is 0 Å². The second-order valence-corrected chi connectivity index (χ2v) is 6.34. The Morgan fingerprint density at radius 1 is 1.19 bits per heavy atom. The van der Waals surface area contributed by atoms with Gasteiger partial charge >= 0.3 is 0 Å². The summed E-state index contributed by atoms with van der Waals surface area (Å²) < 4.78 is 1.60. The molecule has 0 saturated heterocycles. The lowest BCUT2D eigenvalue weighted by molar-refractivity contribution is -0.123. The number of aryl methyl sites for hydroxylation is 1. The number of nitrogens with zero attached hydrogens (tertiary/aromatic N) is 2. The topological polar surface area (TPSA) is 76.0 Å². The van der Waals surface area contributed by atoms with Gasteiger partial charge in [-0.2, -0.15) is 5.10 Å². The summed E-state index contributed by atoms with van der Waals surface area (Å²) in [7, 11) is 0. The van der Waals surface area contributed by atoms with E-state index in [2.05, 4.69) is 15.7 Å².